The normalized spacial score (nSPS) is 20.1. The second-order valence-electron chi connectivity index (χ2n) is 12.4. The number of rotatable bonds is 5. The molecule has 0 spiro atoms. The lowest BCUT2D eigenvalue weighted by Crippen LogP contribution is -2.35. The van der Waals surface area contributed by atoms with E-state index >= 15 is 4.39 Å². The highest BCUT2D eigenvalue weighted by atomic mass is 19.1. The van der Waals surface area contributed by atoms with Gasteiger partial charge in [-0.05, 0) is 62.5 Å². The highest BCUT2D eigenvalue weighted by Gasteiger charge is 2.33. The number of aromatic nitrogens is 1. The molecule has 0 bridgehead atoms. The van der Waals surface area contributed by atoms with Gasteiger partial charge in [0.25, 0.3) is 5.91 Å². The Morgan fingerprint density at radius 2 is 1.98 bits per heavy atom. The van der Waals surface area contributed by atoms with Crippen LogP contribution in [0.5, 0.6) is 17.2 Å². The van der Waals surface area contributed by atoms with Crippen LogP contribution in [-0.2, 0) is 6.61 Å². The van der Waals surface area contributed by atoms with E-state index in [1.54, 1.807) is 15.7 Å². The van der Waals surface area contributed by atoms with Crippen molar-refractivity contribution in [1.29, 1.82) is 0 Å². The number of carbonyl (C=O) groups excluding carboxylic acids is 1. The number of halogens is 1. The number of carbonyl (C=O) groups is 1. The average Bonchev–Trinajstić information content (AvgIpc) is 3.65. The van der Waals surface area contributed by atoms with Gasteiger partial charge in [-0.3, -0.25) is 9.59 Å². The van der Waals surface area contributed by atoms with Gasteiger partial charge in [0.15, 0.2) is 17.3 Å². The van der Waals surface area contributed by atoms with Crippen LogP contribution in [0, 0.1) is 5.82 Å². The molecule has 3 aromatic carbocycles. The van der Waals surface area contributed by atoms with E-state index < -0.39 is 17.2 Å². The van der Waals surface area contributed by atoms with Crippen LogP contribution < -0.4 is 26.0 Å². The van der Waals surface area contributed by atoms with E-state index in [0.717, 1.165) is 42.5 Å². The summed E-state index contributed by atoms with van der Waals surface area (Å²) in [5.41, 5.74) is 9.77. The van der Waals surface area contributed by atoms with E-state index in [2.05, 4.69) is 17.3 Å². The fourth-order valence-corrected chi connectivity index (χ4v) is 7.21. The molecule has 44 heavy (non-hydrogen) atoms. The Kier molecular flexibility index (Phi) is 6.39. The zero-order valence-corrected chi connectivity index (χ0v) is 24.6. The molecule has 1 aromatic heterocycles. The second-order valence-corrected chi connectivity index (χ2v) is 12.4. The fraction of sp³-hybridized carbons (Fsp3) is 0.353. The molecule has 0 aliphatic carbocycles. The van der Waals surface area contributed by atoms with Gasteiger partial charge in [0.1, 0.15) is 29.1 Å². The minimum absolute atomic E-state index is 0.0239. The molecule has 4 aromatic rings. The third-order valence-electron chi connectivity index (χ3n) is 9.61. The molecule has 10 heteroatoms. The molecule has 0 radical (unpaired) electrons. The minimum atomic E-state index is -0.602. The lowest BCUT2D eigenvalue weighted by molar-refractivity contribution is 0.0789. The average molecular weight is 596 g/mol. The van der Waals surface area contributed by atoms with Crippen molar-refractivity contribution in [3.63, 3.8) is 0 Å². The molecule has 226 valence electrons. The van der Waals surface area contributed by atoms with E-state index in [4.69, 9.17) is 15.2 Å². The SMILES string of the molecule is CN1CCCC1CCNc1c(F)cc2c(=O)c(C(=O)N3CC[C@H](N)C3)cn3c2c1Oc1cc2c(cc1-3)-c1ccccc1CO2. The third-order valence-corrected chi connectivity index (χ3v) is 9.61. The first-order chi connectivity index (χ1) is 21.4. The van der Waals surface area contributed by atoms with Gasteiger partial charge in [-0.1, -0.05) is 24.3 Å². The molecule has 4 aliphatic heterocycles. The van der Waals surface area contributed by atoms with Crippen LogP contribution >= 0.6 is 0 Å². The zero-order chi connectivity index (χ0) is 30.1. The first kappa shape index (κ1) is 27.2. The summed E-state index contributed by atoms with van der Waals surface area (Å²) in [6, 6.07) is 13.3. The first-order valence-corrected chi connectivity index (χ1v) is 15.4. The molecule has 2 fully saturated rings. The van der Waals surface area contributed by atoms with Gasteiger partial charge in [0.05, 0.1) is 11.1 Å². The van der Waals surface area contributed by atoms with E-state index in [1.807, 2.05) is 36.4 Å². The van der Waals surface area contributed by atoms with Gasteiger partial charge < -0.3 is 34.9 Å². The molecular weight excluding hydrogens is 561 g/mol. The molecule has 4 aliphatic rings. The summed E-state index contributed by atoms with van der Waals surface area (Å²) >= 11 is 0. The van der Waals surface area contributed by atoms with E-state index in [0.29, 0.717) is 61.4 Å². The van der Waals surface area contributed by atoms with E-state index in [-0.39, 0.29) is 28.4 Å². The first-order valence-electron chi connectivity index (χ1n) is 15.4. The number of nitrogens with two attached hydrogens (primary N) is 1. The van der Waals surface area contributed by atoms with Crippen molar-refractivity contribution < 1.29 is 18.7 Å². The number of likely N-dealkylation sites (tertiary alicyclic amines) is 2. The largest absolute Gasteiger partial charge is 0.488 e. The highest BCUT2D eigenvalue weighted by Crippen LogP contribution is 2.49. The summed E-state index contributed by atoms with van der Waals surface area (Å²) in [6.07, 6.45) is 5.37. The number of anilines is 1. The maximum absolute atomic E-state index is 15.9. The van der Waals surface area contributed by atoms with Crippen molar-refractivity contribution in [3.05, 3.63) is 75.8 Å². The quantitative estimate of drug-likeness (QED) is 0.299. The summed E-state index contributed by atoms with van der Waals surface area (Å²) in [6.45, 7) is 2.87. The van der Waals surface area contributed by atoms with Crippen LogP contribution in [-0.4, -0.2) is 65.6 Å². The standard InChI is InChI=1S/C34H34FN5O4/c1-38-11-4-6-21(38)8-10-37-30-26(35)13-24-31-33(30)44-29-15-28-23(22-7-3-2-5-19(22)18-43-28)14-27(29)40(31)17-25(32(24)41)34(42)39-12-9-20(36)16-39/h2-3,5,7,13-15,17,20-21,37H,4,6,8-12,16,18,36H2,1H3/t20-,21?/m0/s1. The van der Waals surface area contributed by atoms with Crippen molar-refractivity contribution in [2.75, 3.05) is 38.5 Å². The predicted octanol–water partition coefficient (Wildman–Crippen LogP) is 4.86. The maximum atomic E-state index is 15.9. The number of nitrogens with zero attached hydrogens (tertiary/aromatic N) is 3. The third kappa shape index (κ3) is 4.27. The summed E-state index contributed by atoms with van der Waals surface area (Å²) < 4.78 is 30.3. The molecule has 0 saturated carbocycles. The van der Waals surface area contributed by atoms with Gasteiger partial charge in [-0.2, -0.15) is 0 Å². The van der Waals surface area contributed by atoms with Crippen LogP contribution in [0.3, 0.4) is 0 Å². The number of hydrogen-bond donors (Lipinski definition) is 2. The fourth-order valence-electron chi connectivity index (χ4n) is 7.21. The summed E-state index contributed by atoms with van der Waals surface area (Å²) in [5, 5.41) is 3.37. The molecule has 8 rings (SSSR count). The van der Waals surface area contributed by atoms with Crippen LogP contribution in [0.25, 0.3) is 27.7 Å². The van der Waals surface area contributed by atoms with Crippen LogP contribution in [0.15, 0.2) is 53.5 Å². The smallest absolute Gasteiger partial charge is 0.259 e. The summed E-state index contributed by atoms with van der Waals surface area (Å²) in [5.74, 6) is 0.322. The van der Waals surface area contributed by atoms with Crippen molar-refractivity contribution in [3.8, 4) is 34.1 Å². The Balaban J connectivity index is 1.30. The number of ether oxygens (including phenoxy) is 2. The Labute approximate surface area is 254 Å². The van der Waals surface area contributed by atoms with Gasteiger partial charge in [-0.25, -0.2) is 4.39 Å². The topological polar surface area (TPSA) is 102 Å². The van der Waals surface area contributed by atoms with Crippen molar-refractivity contribution in [2.45, 2.75) is 44.4 Å². The molecule has 1 amide bonds. The number of hydrogen-bond acceptors (Lipinski definition) is 7. The predicted molar refractivity (Wildman–Crippen MR) is 167 cm³/mol. The van der Waals surface area contributed by atoms with Crippen LogP contribution in [0.2, 0.25) is 0 Å². The van der Waals surface area contributed by atoms with E-state index in [1.165, 1.54) is 6.07 Å². The van der Waals surface area contributed by atoms with Gasteiger partial charge in [-0.15, -0.1) is 0 Å². The minimum Gasteiger partial charge on any atom is -0.488 e. The molecule has 2 saturated heterocycles. The summed E-state index contributed by atoms with van der Waals surface area (Å²) in [7, 11) is 2.12. The molecular formula is C34H34FN5O4. The van der Waals surface area contributed by atoms with Crippen LogP contribution in [0.4, 0.5) is 10.1 Å². The summed E-state index contributed by atoms with van der Waals surface area (Å²) in [4.78, 5) is 31.5. The lowest BCUT2D eigenvalue weighted by atomic mass is 9.95. The monoisotopic (exact) mass is 595 g/mol. The lowest BCUT2D eigenvalue weighted by Gasteiger charge is -2.29. The maximum Gasteiger partial charge on any atom is 0.259 e. The number of fused-ring (bicyclic) bond motifs is 5. The number of nitrogens with one attached hydrogen (secondary N) is 1. The zero-order valence-electron chi connectivity index (χ0n) is 24.6. The number of amides is 1. The van der Waals surface area contributed by atoms with Crippen molar-refractivity contribution in [2.24, 2.45) is 5.73 Å². The van der Waals surface area contributed by atoms with Gasteiger partial charge in [0, 0.05) is 49.5 Å². The molecule has 2 atom stereocenters. The molecule has 3 N–H and O–H groups in total. The number of benzene rings is 3. The molecule has 9 nitrogen and oxygen atoms in total. The Morgan fingerprint density at radius 1 is 1.11 bits per heavy atom. The van der Waals surface area contributed by atoms with Crippen molar-refractivity contribution in [1.82, 2.24) is 14.4 Å². The Bertz CT molecular complexity index is 1910. The van der Waals surface area contributed by atoms with Gasteiger partial charge >= 0.3 is 0 Å². The molecule has 1 unspecified atom stereocenters. The van der Waals surface area contributed by atoms with Crippen LogP contribution in [0.1, 0.15) is 41.6 Å². The second kappa shape index (κ2) is 10.3. The Hall–Kier alpha value is -4.41. The van der Waals surface area contributed by atoms with Gasteiger partial charge in [0.2, 0.25) is 5.43 Å². The molecule has 5 heterocycles. The Morgan fingerprint density at radius 3 is 2.77 bits per heavy atom. The van der Waals surface area contributed by atoms with E-state index in [9.17, 15) is 9.59 Å². The highest BCUT2D eigenvalue weighted by molar-refractivity contribution is 6.01. The van der Waals surface area contributed by atoms with Crippen molar-refractivity contribution >= 4 is 22.5 Å². The number of pyridine rings is 1.